The van der Waals surface area contributed by atoms with Crippen molar-refractivity contribution in [1.29, 1.82) is 0 Å². The van der Waals surface area contributed by atoms with Crippen LogP contribution in [-0.4, -0.2) is 31.6 Å². The minimum atomic E-state index is -0.614. The van der Waals surface area contributed by atoms with Crippen molar-refractivity contribution in [3.63, 3.8) is 0 Å². The molecule has 4 nitrogen and oxygen atoms in total. The van der Waals surface area contributed by atoms with Crippen LogP contribution >= 0.6 is 0 Å². The molecule has 1 aliphatic carbocycles. The monoisotopic (exact) mass is 265 g/mol. The third-order valence-corrected chi connectivity index (χ3v) is 3.46. The molecule has 1 aliphatic rings. The standard InChI is InChI=1S/C14H20FN3O/c1-18(12-6-3-2-5-11(12)15)10-4-9-17-13(19)14(16)7-8-14/h2-3,5-6H,4,7-10,16H2,1H3,(H,17,19). The molecule has 0 aromatic heterocycles. The maximum atomic E-state index is 13.5. The highest BCUT2D eigenvalue weighted by Crippen LogP contribution is 2.31. The van der Waals surface area contributed by atoms with Gasteiger partial charge in [-0.1, -0.05) is 12.1 Å². The average Bonchev–Trinajstić information content (AvgIpc) is 3.14. The zero-order chi connectivity index (χ0) is 13.9. The first-order valence-electron chi connectivity index (χ1n) is 6.56. The number of nitrogens with two attached hydrogens (primary N) is 1. The van der Waals surface area contributed by atoms with E-state index in [9.17, 15) is 9.18 Å². The van der Waals surface area contributed by atoms with Crippen LogP contribution in [0.5, 0.6) is 0 Å². The van der Waals surface area contributed by atoms with Gasteiger partial charge in [0.2, 0.25) is 5.91 Å². The smallest absolute Gasteiger partial charge is 0.240 e. The van der Waals surface area contributed by atoms with Crippen molar-refractivity contribution >= 4 is 11.6 Å². The molecule has 0 spiro atoms. The highest BCUT2D eigenvalue weighted by molar-refractivity contribution is 5.88. The van der Waals surface area contributed by atoms with Gasteiger partial charge in [-0.3, -0.25) is 4.79 Å². The van der Waals surface area contributed by atoms with Gasteiger partial charge >= 0.3 is 0 Å². The second kappa shape index (κ2) is 5.57. The molecule has 0 unspecified atom stereocenters. The molecule has 104 valence electrons. The summed E-state index contributed by atoms with van der Waals surface area (Å²) >= 11 is 0. The van der Waals surface area contributed by atoms with Crippen LogP contribution in [0.15, 0.2) is 24.3 Å². The van der Waals surface area contributed by atoms with Gasteiger partial charge < -0.3 is 16.0 Å². The second-order valence-electron chi connectivity index (χ2n) is 5.14. The predicted molar refractivity (Wildman–Crippen MR) is 73.4 cm³/mol. The molecule has 1 aromatic carbocycles. The molecule has 1 fully saturated rings. The fraction of sp³-hybridized carbons (Fsp3) is 0.500. The number of carbonyl (C=O) groups is 1. The normalized spacial score (nSPS) is 15.9. The number of hydrogen-bond donors (Lipinski definition) is 2. The van der Waals surface area contributed by atoms with Gasteiger partial charge in [0.05, 0.1) is 11.2 Å². The highest BCUT2D eigenvalue weighted by Gasteiger charge is 2.45. The molecule has 19 heavy (non-hydrogen) atoms. The Morgan fingerprint density at radius 3 is 2.79 bits per heavy atom. The van der Waals surface area contributed by atoms with E-state index in [2.05, 4.69) is 5.32 Å². The van der Waals surface area contributed by atoms with Crippen molar-refractivity contribution in [2.45, 2.75) is 24.8 Å². The molecule has 1 saturated carbocycles. The Hall–Kier alpha value is -1.62. The Labute approximate surface area is 112 Å². The first-order chi connectivity index (χ1) is 9.03. The summed E-state index contributed by atoms with van der Waals surface area (Å²) in [6.07, 6.45) is 2.30. The second-order valence-corrected chi connectivity index (χ2v) is 5.14. The van der Waals surface area contributed by atoms with Gasteiger partial charge in [0.1, 0.15) is 5.82 Å². The van der Waals surface area contributed by atoms with Crippen LogP contribution in [0.2, 0.25) is 0 Å². The largest absolute Gasteiger partial charge is 0.372 e. The number of nitrogens with one attached hydrogen (secondary N) is 1. The van der Waals surface area contributed by atoms with Crippen molar-refractivity contribution in [3.05, 3.63) is 30.1 Å². The lowest BCUT2D eigenvalue weighted by molar-refractivity contribution is -0.123. The molecule has 0 heterocycles. The van der Waals surface area contributed by atoms with Crippen LogP contribution in [-0.2, 0) is 4.79 Å². The van der Waals surface area contributed by atoms with Crippen molar-refractivity contribution in [2.75, 3.05) is 25.0 Å². The molecule has 0 radical (unpaired) electrons. The maximum absolute atomic E-state index is 13.5. The molecule has 1 aromatic rings. The van der Waals surface area contributed by atoms with Crippen molar-refractivity contribution < 1.29 is 9.18 Å². The number of para-hydroxylation sites is 1. The summed E-state index contributed by atoms with van der Waals surface area (Å²) in [6.45, 7) is 1.25. The van der Waals surface area contributed by atoms with Crippen molar-refractivity contribution in [2.24, 2.45) is 5.73 Å². The fourth-order valence-electron chi connectivity index (χ4n) is 1.94. The first-order valence-corrected chi connectivity index (χ1v) is 6.56. The number of rotatable bonds is 6. The molecule has 2 rings (SSSR count). The lowest BCUT2D eigenvalue weighted by atomic mass is 10.2. The Kier molecular flexibility index (Phi) is 4.04. The Morgan fingerprint density at radius 1 is 1.47 bits per heavy atom. The van der Waals surface area contributed by atoms with Crippen molar-refractivity contribution in [3.8, 4) is 0 Å². The first kappa shape index (κ1) is 13.8. The molecule has 0 atom stereocenters. The quantitative estimate of drug-likeness (QED) is 0.761. The van der Waals surface area contributed by atoms with Gasteiger partial charge in [0.25, 0.3) is 0 Å². The Morgan fingerprint density at radius 2 is 2.16 bits per heavy atom. The van der Waals surface area contributed by atoms with E-state index in [0.29, 0.717) is 18.8 Å². The van der Waals surface area contributed by atoms with Crippen LogP contribution in [0, 0.1) is 5.82 Å². The van der Waals surface area contributed by atoms with E-state index in [0.717, 1.165) is 19.3 Å². The third kappa shape index (κ3) is 3.44. The summed E-state index contributed by atoms with van der Waals surface area (Å²) in [4.78, 5) is 13.4. The molecule has 0 bridgehead atoms. The topological polar surface area (TPSA) is 58.4 Å². The maximum Gasteiger partial charge on any atom is 0.240 e. The van der Waals surface area contributed by atoms with E-state index >= 15 is 0 Å². The zero-order valence-corrected chi connectivity index (χ0v) is 11.2. The van der Waals surface area contributed by atoms with Gasteiger partial charge in [-0.25, -0.2) is 4.39 Å². The molecular formula is C14H20FN3O. The number of nitrogens with zero attached hydrogens (tertiary/aromatic N) is 1. The summed E-state index contributed by atoms with van der Waals surface area (Å²) in [5, 5.41) is 2.82. The number of carbonyl (C=O) groups excluding carboxylic acids is 1. The average molecular weight is 265 g/mol. The van der Waals surface area contributed by atoms with Crippen LogP contribution in [0.1, 0.15) is 19.3 Å². The van der Waals surface area contributed by atoms with E-state index in [1.54, 1.807) is 12.1 Å². The van der Waals surface area contributed by atoms with Gasteiger partial charge in [-0.15, -0.1) is 0 Å². The van der Waals surface area contributed by atoms with E-state index in [4.69, 9.17) is 5.73 Å². The van der Waals surface area contributed by atoms with Crippen LogP contribution < -0.4 is 16.0 Å². The predicted octanol–water partition coefficient (Wildman–Crippen LogP) is 1.26. The van der Waals surface area contributed by atoms with Gasteiger partial charge in [0, 0.05) is 20.1 Å². The zero-order valence-electron chi connectivity index (χ0n) is 11.2. The number of halogens is 1. The summed E-state index contributed by atoms with van der Waals surface area (Å²) in [5.74, 6) is -0.297. The van der Waals surface area contributed by atoms with Crippen LogP contribution in [0.4, 0.5) is 10.1 Å². The molecule has 0 aliphatic heterocycles. The SMILES string of the molecule is CN(CCCNC(=O)C1(N)CC1)c1ccccc1F. The molecule has 0 saturated heterocycles. The van der Waals surface area contributed by atoms with E-state index in [1.165, 1.54) is 6.07 Å². The lowest BCUT2D eigenvalue weighted by Gasteiger charge is -2.20. The highest BCUT2D eigenvalue weighted by atomic mass is 19.1. The van der Waals surface area contributed by atoms with Gasteiger partial charge in [0.15, 0.2) is 0 Å². The summed E-state index contributed by atoms with van der Waals surface area (Å²) in [5.41, 5.74) is 5.73. The molecular weight excluding hydrogens is 245 g/mol. The lowest BCUT2D eigenvalue weighted by Crippen LogP contribution is -2.43. The van der Waals surface area contributed by atoms with Gasteiger partial charge in [-0.2, -0.15) is 0 Å². The van der Waals surface area contributed by atoms with Gasteiger partial charge in [-0.05, 0) is 31.4 Å². The van der Waals surface area contributed by atoms with Crippen LogP contribution in [0.3, 0.4) is 0 Å². The minimum Gasteiger partial charge on any atom is -0.372 e. The van der Waals surface area contributed by atoms with E-state index in [1.807, 2.05) is 18.0 Å². The number of anilines is 1. The Balaban J connectivity index is 1.71. The Bertz CT molecular complexity index is 460. The minimum absolute atomic E-state index is 0.0685. The summed E-state index contributed by atoms with van der Waals surface area (Å²) in [6, 6.07) is 6.66. The number of benzene rings is 1. The number of amides is 1. The van der Waals surface area contributed by atoms with E-state index < -0.39 is 5.54 Å². The van der Waals surface area contributed by atoms with E-state index in [-0.39, 0.29) is 11.7 Å². The molecule has 5 heteroatoms. The van der Waals surface area contributed by atoms with Crippen molar-refractivity contribution in [1.82, 2.24) is 5.32 Å². The molecule has 3 N–H and O–H groups in total. The third-order valence-electron chi connectivity index (χ3n) is 3.46. The fourth-order valence-corrected chi connectivity index (χ4v) is 1.94. The van der Waals surface area contributed by atoms with Crippen LogP contribution in [0.25, 0.3) is 0 Å². The number of hydrogen-bond acceptors (Lipinski definition) is 3. The summed E-state index contributed by atoms with van der Waals surface area (Å²) in [7, 11) is 1.84. The summed E-state index contributed by atoms with van der Waals surface area (Å²) < 4.78 is 13.5. The molecule has 1 amide bonds.